The van der Waals surface area contributed by atoms with Gasteiger partial charge < -0.3 is 19.4 Å². The highest BCUT2D eigenvalue weighted by Crippen LogP contribution is 2.45. The van der Waals surface area contributed by atoms with E-state index in [9.17, 15) is 14.4 Å². The Morgan fingerprint density at radius 1 is 1.17 bits per heavy atom. The number of rotatable bonds is 5. The number of aromatic nitrogens is 1. The van der Waals surface area contributed by atoms with Crippen molar-refractivity contribution in [3.8, 4) is 0 Å². The van der Waals surface area contributed by atoms with E-state index in [1.165, 1.54) is 13.2 Å². The lowest BCUT2D eigenvalue weighted by Crippen LogP contribution is -2.54. The number of carbonyl (C=O) groups excluding carboxylic acids is 3. The SMILES string of the molecule is COC(=O)Nc1ccc2[nH]c(C(Cc3ccccc3)C(=O)N3CCCC4(C3)OC(=O)Nc3ccc(Cl)c(F)c34)cc2c1. The van der Waals surface area contributed by atoms with Gasteiger partial charge in [-0.1, -0.05) is 41.9 Å². The fourth-order valence-electron chi connectivity index (χ4n) is 5.95. The number of amides is 3. The summed E-state index contributed by atoms with van der Waals surface area (Å²) in [6.07, 6.45) is -0.0373. The first-order valence-corrected chi connectivity index (χ1v) is 13.9. The predicted octanol–water partition coefficient (Wildman–Crippen LogP) is 6.55. The molecule has 2 atom stereocenters. The molecule has 3 heterocycles. The largest absolute Gasteiger partial charge is 0.453 e. The highest BCUT2D eigenvalue weighted by molar-refractivity contribution is 6.31. The summed E-state index contributed by atoms with van der Waals surface area (Å²) in [6, 6.07) is 19.9. The predicted molar refractivity (Wildman–Crippen MR) is 156 cm³/mol. The van der Waals surface area contributed by atoms with Gasteiger partial charge in [-0.05, 0) is 61.2 Å². The Labute approximate surface area is 245 Å². The molecule has 1 spiro atoms. The number of benzene rings is 3. The summed E-state index contributed by atoms with van der Waals surface area (Å²) in [6.45, 7) is 0.407. The Bertz CT molecular complexity index is 1690. The number of nitrogens with one attached hydrogen (secondary N) is 3. The Balaban J connectivity index is 1.36. The number of likely N-dealkylation sites (tertiary alicyclic amines) is 1. The van der Waals surface area contributed by atoms with Crippen LogP contribution < -0.4 is 10.6 Å². The summed E-state index contributed by atoms with van der Waals surface area (Å²) < 4.78 is 25.9. The number of hydrogen-bond donors (Lipinski definition) is 3. The van der Waals surface area contributed by atoms with Gasteiger partial charge >= 0.3 is 12.2 Å². The van der Waals surface area contributed by atoms with Crippen molar-refractivity contribution in [2.45, 2.75) is 30.8 Å². The van der Waals surface area contributed by atoms with E-state index >= 15 is 4.39 Å². The van der Waals surface area contributed by atoms with Crippen LogP contribution in [0.4, 0.5) is 25.4 Å². The van der Waals surface area contributed by atoms with Gasteiger partial charge in [0.25, 0.3) is 0 Å². The molecule has 216 valence electrons. The molecule has 0 radical (unpaired) electrons. The van der Waals surface area contributed by atoms with E-state index in [1.807, 2.05) is 42.5 Å². The monoisotopic (exact) mass is 590 g/mol. The molecule has 2 unspecified atom stereocenters. The molecular formula is C31H28ClFN4O5. The van der Waals surface area contributed by atoms with Crippen molar-refractivity contribution in [2.24, 2.45) is 0 Å². The fourth-order valence-corrected chi connectivity index (χ4v) is 6.11. The van der Waals surface area contributed by atoms with Gasteiger partial charge in [0.2, 0.25) is 5.91 Å². The molecule has 3 amide bonds. The molecule has 9 nitrogen and oxygen atoms in total. The van der Waals surface area contributed by atoms with Crippen LogP contribution in [0, 0.1) is 5.82 Å². The Hall–Kier alpha value is -4.57. The van der Waals surface area contributed by atoms with Gasteiger partial charge in [0.05, 0.1) is 35.8 Å². The molecule has 3 N–H and O–H groups in total. The highest BCUT2D eigenvalue weighted by atomic mass is 35.5. The highest BCUT2D eigenvalue weighted by Gasteiger charge is 2.49. The Morgan fingerprint density at radius 3 is 2.76 bits per heavy atom. The van der Waals surface area contributed by atoms with Crippen LogP contribution in [0.2, 0.25) is 5.02 Å². The summed E-state index contributed by atoms with van der Waals surface area (Å²) in [5.74, 6) is -1.47. The average molecular weight is 591 g/mol. The quantitative estimate of drug-likeness (QED) is 0.244. The first kappa shape index (κ1) is 27.6. The fraction of sp³-hybridized carbons (Fsp3) is 0.258. The summed E-state index contributed by atoms with van der Waals surface area (Å²) in [4.78, 5) is 43.6. The van der Waals surface area contributed by atoms with Gasteiger partial charge in [-0.2, -0.15) is 0 Å². The third kappa shape index (κ3) is 5.14. The van der Waals surface area contributed by atoms with Crippen LogP contribution in [0.5, 0.6) is 0 Å². The number of aromatic amines is 1. The van der Waals surface area contributed by atoms with Gasteiger partial charge in [0.15, 0.2) is 11.4 Å². The van der Waals surface area contributed by atoms with Gasteiger partial charge in [-0.3, -0.25) is 15.4 Å². The number of ether oxygens (including phenoxy) is 2. The summed E-state index contributed by atoms with van der Waals surface area (Å²) in [5, 5.41) is 5.93. The van der Waals surface area contributed by atoms with Crippen LogP contribution in [0.15, 0.2) is 66.7 Å². The van der Waals surface area contributed by atoms with Crippen LogP contribution in [0.1, 0.15) is 35.6 Å². The number of carbonyl (C=O) groups is 3. The molecule has 3 aromatic carbocycles. The molecular weight excluding hydrogens is 563 g/mol. The lowest BCUT2D eigenvalue weighted by molar-refractivity contribution is -0.141. The molecule has 0 saturated carbocycles. The molecule has 1 saturated heterocycles. The van der Waals surface area contributed by atoms with Crippen LogP contribution in [-0.2, 0) is 26.3 Å². The van der Waals surface area contributed by atoms with E-state index in [0.717, 1.165) is 16.5 Å². The number of halogens is 2. The molecule has 2 aliphatic heterocycles. The van der Waals surface area contributed by atoms with Crippen molar-refractivity contribution in [1.82, 2.24) is 9.88 Å². The van der Waals surface area contributed by atoms with E-state index in [0.29, 0.717) is 37.2 Å². The summed E-state index contributed by atoms with van der Waals surface area (Å²) in [7, 11) is 1.29. The minimum Gasteiger partial charge on any atom is -0.453 e. The minimum absolute atomic E-state index is 0.0117. The van der Waals surface area contributed by atoms with E-state index in [-0.39, 0.29) is 28.7 Å². The average Bonchev–Trinajstić information content (AvgIpc) is 3.41. The smallest absolute Gasteiger partial charge is 0.412 e. The van der Waals surface area contributed by atoms with Crippen molar-refractivity contribution in [3.05, 3.63) is 94.4 Å². The van der Waals surface area contributed by atoms with E-state index < -0.39 is 29.5 Å². The maximum Gasteiger partial charge on any atom is 0.412 e. The van der Waals surface area contributed by atoms with Crippen molar-refractivity contribution < 1.29 is 28.2 Å². The molecule has 6 rings (SSSR count). The number of anilines is 2. The number of methoxy groups -OCH3 is 1. The zero-order chi connectivity index (χ0) is 29.4. The second kappa shape index (κ2) is 11.0. The van der Waals surface area contributed by atoms with E-state index in [1.54, 1.807) is 23.1 Å². The Morgan fingerprint density at radius 2 is 1.98 bits per heavy atom. The molecule has 0 aliphatic carbocycles. The topological polar surface area (TPSA) is 113 Å². The molecule has 11 heteroatoms. The molecule has 1 fully saturated rings. The molecule has 0 bridgehead atoms. The second-order valence-electron chi connectivity index (χ2n) is 10.5. The first-order valence-electron chi connectivity index (χ1n) is 13.6. The summed E-state index contributed by atoms with van der Waals surface area (Å²) in [5.41, 5.74) is 2.07. The number of H-pyrrole nitrogens is 1. The Kier molecular flexibility index (Phi) is 7.24. The second-order valence-corrected chi connectivity index (χ2v) is 10.9. The van der Waals surface area contributed by atoms with Crippen LogP contribution in [-0.4, -0.2) is 48.2 Å². The number of hydrogen-bond acceptors (Lipinski definition) is 5. The van der Waals surface area contributed by atoms with Crippen LogP contribution >= 0.6 is 11.6 Å². The van der Waals surface area contributed by atoms with E-state index in [4.69, 9.17) is 21.1 Å². The minimum atomic E-state index is -1.37. The maximum absolute atomic E-state index is 15.4. The van der Waals surface area contributed by atoms with Gasteiger partial charge in [0.1, 0.15) is 0 Å². The zero-order valence-corrected chi connectivity index (χ0v) is 23.5. The third-order valence-electron chi connectivity index (χ3n) is 7.87. The van der Waals surface area contributed by atoms with Crippen molar-refractivity contribution >= 4 is 52.0 Å². The molecule has 1 aromatic heterocycles. The van der Waals surface area contributed by atoms with Crippen molar-refractivity contribution in [3.63, 3.8) is 0 Å². The lowest BCUT2D eigenvalue weighted by Gasteiger charge is -2.45. The molecule has 4 aromatic rings. The standard InChI is InChI=1S/C31H28ClFN4O5/c1-41-29(39)34-20-8-10-23-19(15-20)16-25(35-23)21(14-18-6-3-2-4-7-18)28(38)37-13-5-12-31(17-37)26-24(36-30(40)42-31)11-9-22(32)27(26)33/h2-4,6-11,15-16,21,35H,5,12-14,17H2,1H3,(H,34,39)(H,36,40). The molecule has 2 aliphatic rings. The first-order chi connectivity index (χ1) is 20.3. The maximum atomic E-state index is 15.4. The summed E-state index contributed by atoms with van der Waals surface area (Å²) >= 11 is 6.13. The number of fused-ring (bicyclic) bond motifs is 3. The zero-order valence-electron chi connectivity index (χ0n) is 22.7. The van der Waals surface area contributed by atoms with Gasteiger partial charge in [-0.25, -0.2) is 14.0 Å². The lowest BCUT2D eigenvalue weighted by atomic mass is 9.82. The van der Waals surface area contributed by atoms with Crippen molar-refractivity contribution in [1.29, 1.82) is 0 Å². The number of piperidine rings is 1. The van der Waals surface area contributed by atoms with Crippen molar-refractivity contribution in [2.75, 3.05) is 30.8 Å². The normalized spacial score (nSPS) is 18.6. The van der Waals surface area contributed by atoms with Gasteiger partial charge in [-0.15, -0.1) is 0 Å². The van der Waals surface area contributed by atoms with E-state index in [2.05, 4.69) is 15.6 Å². The van der Waals surface area contributed by atoms with Crippen LogP contribution in [0.3, 0.4) is 0 Å². The third-order valence-corrected chi connectivity index (χ3v) is 8.16. The van der Waals surface area contributed by atoms with Gasteiger partial charge in [0, 0.05) is 28.8 Å². The van der Waals surface area contributed by atoms with Crippen LogP contribution in [0.25, 0.3) is 10.9 Å². The number of nitrogens with zero attached hydrogens (tertiary/aromatic N) is 1. The molecule has 42 heavy (non-hydrogen) atoms.